The SMILES string of the molecule is Cc1nsc2c(NCCN)ncnc12. The largest absolute Gasteiger partial charge is 0.367 e. The highest BCUT2D eigenvalue weighted by molar-refractivity contribution is 7.14. The molecule has 0 unspecified atom stereocenters. The summed E-state index contributed by atoms with van der Waals surface area (Å²) in [7, 11) is 0. The Bertz CT molecular complexity index is 438. The van der Waals surface area contributed by atoms with Gasteiger partial charge in [0, 0.05) is 13.1 Å². The molecule has 0 aliphatic carbocycles. The van der Waals surface area contributed by atoms with Crippen molar-refractivity contribution in [3.8, 4) is 0 Å². The zero-order valence-corrected chi connectivity index (χ0v) is 8.64. The van der Waals surface area contributed by atoms with Gasteiger partial charge in [0.15, 0.2) is 0 Å². The lowest BCUT2D eigenvalue weighted by molar-refractivity contribution is 1.01. The van der Waals surface area contributed by atoms with Crippen LogP contribution in [-0.4, -0.2) is 27.4 Å². The summed E-state index contributed by atoms with van der Waals surface area (Å²) in [4.78, 5) is 8.33. The van der Waals surface area contributed by atoms with Crippen molar-refractivity contribution in [2.24, 2.45) is 5.73 Å². The van der Waals surface area contributed by atoms with Gasteiger partial charge in [-0.05, 0) is 18.5 Å². The number of fused-ring (bicyclic) bond motifs is 1. The molecule has 2 aromatic rings. The van der Waals surface area contributed by atoms with Crippen LogP contribution in [-0.2, 0) is 0 Å². The van der Waals surface area contributed by atoms with Crippen LogP contribution in [0.3, 0.4) is 0 Å². The number of hydrogen-bond donors (Lipinski definition) is 2. The van der Waals surface area contributed by atoms with E-state index in [0.29, 0.717) is 13.1 Å². The van der Waals surface area contributed by atoms with E-state index >= 15 is 0 Å². The van der Waals surface area contributed by atoms with Gasteiger partial charge < -0.3 is 11.1 Å². The number of nitrogens with zero attached hydrogens (tertiary/aromatic N) is 3. The lowest BCUT2D eigenvalue weighted by Crippen LogP contribution is -2.13. The molecule has 3 N–H and O–H groups in total. The minimum atomic E-state index is 0.587. The molecule has 14 heavy (non-hydrogen) atoms. The Morgan fingerprint density at radius 3 is 3.14 bits per heavy atom. The summed E-state index contributed by atoms with van der Waals surface area (Å²) in [6.45, 7) is 3.24. The van der Waals surface area contributed by atoms with Gasteiger partial charge in [0.05, 0.1) is 5.69 Å². The van der Waals surface area contributed by atoms with Crippen molar-refractivity contribution in [2.75, 3.05) is 18.4 Å². The number of rotatable bonds is 3. The zero-order valence-electron chi connectivity index (χ0n) is 7.82. The van der Waals surface area contributed by atoms with E-state index in [0.717, 1.165) is 21.7 Å². The van der Waals surface area contributed by atoms with Crippen LogP contribution >= 0.6 is 11.5 Å². The normalized spacial score (nSPS) is 10.7. The van der Waals surface area contributed by atoms with Gasteiger partial charge in [0.25, 0.3) is 0 Å². The number of hydrogen-bond acceptors (Lipinski definition) is 6. The molecule has 2 rings (SSSR count). The summed E-state index contributed by atoms with van der Waals surface area (Å²) in [5.41, 5.74) is 7.28. The second-order valence-corrected chi connectivity index (χ2v) is 3.66. The molecule has 0 aromatic carbocycles. The summed E-state index contributed by atoms with van der Waals surface area (Å²) < 4.78 is 5.23. The van der Waals surface area contributed by atoms with E-state index in [1.165, 1.54) is 11.5 Å². The fraction of sp³-hybridized carbons (Fsp3) is 0.375. The lowest BCUT2D eigenvalue weighted by atomic mass is 10.4. The summed E-state index contributed by atoms with van der Waals surface area (Å²) >= 11 is 1.41. The molecule has 0 atom stereocenters. The highest BCUT2D eigenvalue weighted by Gasteiger charge is 2.08. The van der Waals surface area contributed by atoms with Crippen molar-refractivity contribution in [1.82, 2.24) is 14.3 Å². The fourth-order valence-electron chi connectivity index (χ4n) is 1.19. The molecule has 2 heterocycles. The molecule has 2 aromatic heterocycles. The Hall–Kier alpha value is -1.27. The van der Waals surface area contributed by atoms with E-state index in [1.807, 2.05) is 6.92 Å². The van der Waals surface area contributed by atoms with E-state index in [-0.39, 0.29) is 0 Å². The van der Waals surface area contributed by atoms with Crippen LogP contribution in [0.2, 0.25) is 0 Å². The van der Waals surface area contributed by atoms with E-state index in [1.54, 1.807) is 6.33 Å². The minimum absolute atomic E-state index is 0.587. The molecule has 0 saturated heterocycles. The third kappa shape index (κ3) is 1.53. The first-order valence-electron chi connectivity index (χ1n) is 4.34. The average molecular weight is 209 g/mol. The molecule has 6 heteroatoms. The average Bonchev–Trinajstić information content (AvgIpc) is 2.58. The molecule has 0 radical (unpaired) electrons. The zero-order chi connectivity index (χ0) is 9.97. The number of nitrogens with two attached hydrogens (primary N) is 1. The van der Waals surface area contributed by atoms with Crippen molar-refractivity contribution in [3.05, 3.63) is 12.0 Å². The number of aromatic nitrogens is 3. The van der Waals surface area contributed by atoms with Crippen LogP contribution < -0.4 is 11.1 Å². The molecular weight excluding hydrogens is 198 g/mol. The highest BCUT2D eigenvalue weighted by Crippen LogP contribution is 2.25. The minimum Gasteiger partial charge on any atom is -0.367 e. The van der Waals surface area contributed by atoms with Gasteiger partial charge in [0.1, 0.15) is 22.4 Å². The monoisotopic (exact) mass is 209 g/mol. The van der Waals surface area contributed by atoms with Crippen LogP contribution in [0.15, 0.2) is 6.33 Å². The first-order valence-corrected chi connectivity index (χ1v) is 5.11. The third-order valence-corrected chi connectivity index (χ3v) is 2.79. The Kier molecular flexibility index (Phi) is 2.55. The molecular formula is C8H11N5S. The molecule has 0 saturated carbocycles. The van der Waals surface area contributed by atoms with Crippen molar-refractivity contribution in [3.63, 3.8) is 0 Å². The second kappa shape index (κ2) is 3.85. The van der Waals surface area contributed by atoms with Gasteiger partial charge in [-0.15, -0.1) is 0 Å². The molecule has 5 nitrogen and oxygen atoms in total. The molecule has 0 fully saturated rings. The molecule has 0 bridgehead atoms. The van der Waals surface area contributed by atoms with Crippen LogP contribution in [0.4, 0.5) is 5.82 Å². The van der Waals surface area contributed by atoms with Crippen LogP contribution in [0.5, 0.6) is 0 Å². The first kappa shape index (κ1) is 9.29. The number of aryl methyl sites for hydroxylation is 1. The molecule has 0 aliphatic heterocycles. The van der Waals surface area contributed by atoms with Gasteiger partial charge in [0.2, 0.25) is 0 Å². The Labute approximate surface area is 85.5 Å². The number of anilines is 1. The van der Waals surface area contributed by atoms with Crippen molar-refractivity contribution in [1.29, 1.82) is 0 Å². The Morgan fingerprint density at radius 2 is 2.36 bits per heavy atom. The Morgan fingerprint density at radius 1 is 1.50 bits per heavy atom. The summed E-state index contributed by atoms with van der Waals surface area (Å²) in [5, 5.41) is 3.14. The molecule has 0 amide bonds. The van der Waals surface area contributed by atoms with Crippen molar-refractivity contribution >= 4 is 27.6 Å². The predicted octanol–water partition coefficient (Wildman–Crippen LogP) is 0.765. The third-order valence-electron chi connectivity index (χ3n) is 1.86. The van der Waals surface area contributed by atoms with E-state index in [9.17, 15) is 0 Å². The van der Waals surface area contributed by atoms with Crippen LogP contribution in [0.1, 0.15) is 5.69 Å². The van der Waals surface area contributed by atoms with Gasteiger partial charge >= 0.3 is 0 Å². The maximum absolute atomic E-state index is 5.41. The molecule has 0 spiro atoms. The number of nitrogens with one attached hydrogen (secondary N) is 1. The highest BCUT2D eigenvalue weighted by atomic mass is 32.1. The maximum Gasteiger partial charge on any atom is 0.149 e. The standard InChI is InChI=1S/C8H11N5S/c1-5-6-7(14-13-5)8(10-3-2-9)12-4-11-6/h4H,2-3,9H2,1H3,(H,10,11,12). The van der Waals surface area contributed by atoms with Crippen LogP contribution in [0.25, 0.3) is 10.2 Å². The quantitative estimate of drug-likeness (QED) is 0.780. The lowest BCUT2D eigenvalue weighted by Gasteiger charge is -2.02. The maximum atomic E-state index is 5.41. The fourth-order valence-corrected chi connectivity index (χ4v) is 2.00. The smallest absolute Gasteiger partial charge is 0.149 e. The van der Waals surface area contributed by atoms with Crippen LogP contribution in [0, 0.1) is 6.92 Å². The predicted molar refractivity (Wildman–Crippen MR) is 57.5 cm³/mol. The summed E-state index contributed by atoms with van der Waals surface area (Å²) in [5.74, 6) is 0.825. The van der Waals surface area contributed by atoms with E-state index in [2.05, 4.69) is 19.7 Å². The molecule has 0 aliphatic rings. The van der Waals surface area contributed by atoms with Crippen molar-refractivity contribution < 1.29 is 0 Å². The van der Waals surface area contributed by atoms with Gasteiger partial charge in [-0.3, -0.25) is 0 Å². The van der Waals surface area contributed by atoms with E-state index < -0.39 is 0 Å². The first-order chi connectivity index (χ1) is 6.83. The van der Waals surface area contributed by atoms with Crippen molar-refractivity contribution in [2.45, 2.75) is 6.92 Å². The Balaban J connectivity index is 2.44. The topological polar surface area (TPSA) is 76.7 Å². The van der Waals surface area contributed by atoms with Gasteiger partial charge in [-0.25, -0.2) is 9.97 Å². The summed E-state index contributed by atoms with van der Waals surface area (Å²) in [6, 6.07) is 0. The van der Waals surface area contributed by atoms with Gasteiger partial charge in [-0.1, -0.05) is 0 Å². The van der Waals surface area contributed by atoms with E-state index in [4.69, 9.17) is 5.73 Å². The second-order valence-electron chi connectivity index (χ2n) is 2.88. The van der Waals surface area contributed by atoms with Gasteiger partial charge in [-0.2, -0.15) is 4.37 Å². The molecule has 74 valence electrons. The summed E-state index contributed by atoms with van der Waals surface area (Å²) in [6.07, 6.45) is 1.54.